The Morgan fingerprint density at radius 1 is 1.42 bits per heavy atom. The molecule has 1 N–H and O–H groups in total. The van der Waals surface area contributed by atoms with E-state index < -0.39 is 14.8 Å². The third kappa shape index (κ3) is 5.12. The molecule has 0 bridgehead atoms. The number of nitrogens with zero attached hydrogens (tertiary/aromatic N) is 1. The van der Waals surface area contributed by atoms with Crippen LogP contribution in [0.4, 0.5) is 11.4 Å². The van der Waals surface area contributed by atoms with Crippen molar-refractivity contribution in [1.29, 1.82) is 0 Å². The molecular weight excluding hydrogens is 272 g/mol. The Morgan fingerprint density at radius 2 is 2.05 bits per heavy atom. The first-order valence-corrected chi connectivity index (χ1v) is 7.55. The first-order valence-electron chi connectivity index (χ1n) is 5.49. The van der Waals surface area contributed by atoms with Crippen LogP contribution in [0.2, 0.25) is 0 Å². The van der Waals surface area contributed by atoms with Gasteiger partial charge in [0.05, 0.1) is 23.9 Å². The number of ether oxygens (including phenoxy) is 1. The first kappa shape index (κ1) is 15.2. The quantitative estimate of drug-likeness (QED) is 0.628. The van der Waals surface area contributed by atoms with E-state index in [9.17, 15) is 18.5 Å². The maximum Gasteiger partial charge on any atom is 0.275 e. The summed E-state index contributed by atoms with van der Waals surface area (Å²) in [6.45, 7) is 1.69. The summed E-state index contributed by atoms with van der Waals surface area (Å²) < 4.78 is 27.3. The molecule has 7 nitrogen and oxygen atoms in total. The van der Waals surface area contributed by atoms with Crippen molar-refractivity contribution in [1.82, 2.24) is 0 Å². The lowest BCUT2D eigenvalue weighted by atomic mass is 10.2. The molecule has 106 valence electrons. The average molecular weight is 288 g/mol. The highest BCUT2D eigenvalue weighted by Gasteiger charge is 2.14. The standard InChI is InChI=1S/C11H16N2O5S/c1-8(7-19(3,16)17)12-9-4-10(13(14)15)6-11(5-9)18-2/h4-6,8,12H,7H2,1-3H3. The van der Waals surface area contributed by atoms with Crippen LogP contribution < -0.4 is 10.1 Å². The van der Waals surface area contributed by atoms with Crippen molar-refractivity contribution >= 4 is 21.2 Å². The zero-order valence-electron chi connectivity index (χ0n) is 10.9. The largest absolute Gasteiger partial charge is 0.496 e. The molecule has 0 radical (unpaired) electrons. The second-order valence-electron chi connectivity index (χ2n) is 4.31. The predicted octanol–water partition coefficient (Wildman–Crippen LogP) is 1.45. The summed E-state index contributed by atoms with van der Waals surface area (Å²) in [5.41, 5.74) is 0.329. The average Bonchev–Trinajstić information content (AvgIpc) is 2.25. The van der Waals surface area contributed by atoms with Crippen LogP contribution in [0.25, 0.3) is 0 Å². The molecule has 1 unspecified atom stereocenters. The smallest absolute Gasteiger partial charge is 0.275 e. The van der Waals surface area contributed by atoms with Crippen LogP contribution in [-0.4, -0.2) is 38.5 Å². The topological polar surface area (TPSA) is 98.5 Å². The molecule has 0 saturated carbocycles. The van der Waals surface area contributed by atoms with Gasteiger partial charge in [-0.3, -0.25) is 10.1 Å². The molecule has 19 heavy (non-hydrogen) atoms. The molecule has 0 amide bonds. The lowest BCUT2D eigenvalue weighted by molar-refractivity contribution is -0.384. The van der Waals surface area contributed by atoms with E-state index in [-0.39, 0.29) is 17.5 Å². The molecule has 0 saturated heterocycles. The van der Waals surface area contributed by atoms with E-state index in [1.54, 1.807) is 13.0 Å². The van der Waals surface area contributed by atoms with Crippen LogP contribution in [-0.2, 0) is 9.84 Å². The Bertz CT molecular complexity index is 570. The zero-order valence-corrected chi connectivity index (χ0v) is 11.7. The molecule has 0 spiro atoms. The Kier molecular flexibility index (Phi) is 4.71. The zero-order chi connectivity index (χ0) is 14.6. The molecule has 1 aromatic carbocycles. The number of benzene rings is 1. The summed E-state index contributed by atoms with van der Waals surface area (Å²) in [4.78, 5) is 10.2. The van der Waals surface area contributed by atoms with Crippen LogP contribution in [0.15, 0.2) is 18.2 Å². The number of anilines is 1. The second-order valence-corrected chi connectivity index (χ2v) is 6.50. The van der Waals surface area contributed by atoms with E-state index >= 15 is 0 Å². The number of rotatable bonds is 6. The number of nitrogens with one attached hydrogen (secondary N) is 1. The van der Waals surface area contributed by atoms with Crippen molar-refractivity contribution in [3.63, 3.8) is 0 Å². The Labute approximate surface area is 111 Å². The minimum Gasteiger partial charge on any atom is -0.496 e. The van der Waals surface area contributed by atoms with Gasteiger partial charge in [-0.15, -0.1) is 0 Å². The number of hydrogen-bond donors (Lipinski definition) is 1. The van der Waals surface area contributed by atoms with Gasteiger partial charge in [0.15, 0.2) is 0 Å². The minimum absolute atomic E-state index is 0.0575. The van der Waals surface area contributed by atoms with Gasteiger partial charge in [0.2, 0.25) is 0 Å². The summed E-state index contributed by atoms with van der Waals surface area (Å²) in [6, 6.07) is 3.85. The summed E-state index contributed by atoms with van der Waals surface area (Å²) in [6.07, 6.45) is 1.14. The summed E-state index contributed by atoms with van der Waals surface area (Å²) in [5.74, 6) is 0.279. The molecule has 1 aromatic rings. The molecule has 0 fully saturated rings. The number of non-ortho nitro benzene ring substituents is 1. The van der Waals surface area contributed by atoms with Crippen LogP contribution in [0.1, 0.15) is 6.92 Å². The minimum atomic E-state index is -3.11. The van der Waals surface area contributed by atoms with Crippen molar-refractivity contribution in [2.24, 2.45) is 0 Å². The number of methoxy groups -OCH3 is 1. The molecule has 0 aliphatic carbocycles. The highest BCUT2D eigenvalue weighted by Crippen LogP contribution is 2.26. The van der Waals surface area contributed by atoms with Crippen molar-refractivity contribution in [3.8, 4) is 5.75 Å². The van der Waals surface area contributed by atoms with Gasteiger partial charge in [-0.25, -0.2) is 8.42 Å². The lowest BCUT2D eigenvalue weighted by Gasteiger charge is -2.14. The normalized spacial score (nSPS) is 12.8. The van der Waals surface area contributed by atoms with E-state index in [1.165, 1.54) is 19.2 Å². The van der Waals surface area contributed by atoms with E-state index in [4.69, 9.17) is 4.74 Å². The van der Waals surface area contributed by atoms with Crippen LogP contribution in [0.5, 0.6) is 5.75 Å². The Balaban J connectivity index is 2.94. The third-order valence-electron chi connectivity index (χ3n) is 2.30. The predicted molar refractivity (Wildman–Crippen MR) is 72.4 cm³/mol. The van der Waals surface area contributed by atoms with Crippen molar-refractivity contribution < 1.29 is 18.1 Å². The molecule has 1 atom stereocenters. The van der Waals surface area contributed by atoms with E-state index in [2.05, 4.69) is 5.32 Å². The van der Waals surface area contributed by atoms with Gasteiger partial charge in [0.25, 0.3) is 5.69 Å². The fourth-order valence-corrected chi connectivity index (χ4v) is 2.66. The molecular formula is C11H16N2O5S. The molecule has 1 rings (SSSR count). The number of nitro groups is 1. The second kappa shape index (κ2) is 5.87. The Morgan fingerprint density at radius 3 is 2.53 bits per heavy atom. The van der Waals surface area contributed by atoms with Crippen molar-refractivity contribution in [2.75, 3.05) is 24.4 Å². The van der Waals surface area contributed by atoms with Crippen molar-refractivity contribution in [3.05, 3.63) is 28.3 Å². The Hall–Kier alpha value is -1.83. The third-order valence-corrected chi connectivity index (χ3v) is 3.41. The molecule has 0 aromatic heterocycles. The monoisotopic (exact) mass is 288 g/mol. The number of hydrogen-bond acceptors (Lipinski definition) is 6. The maximum atomic E-state index is 11.2. The van der Waals surface area contributed by atoms with Gasteiger partial charge in [0, 0.05) is 30.1 Å². The van der Waals surface area contributed by atoms with Crippen LogP contribution in [0, 0.1) is 10.1 Å². The van der Waals surface area contributed by atoms with Crippen LogP contribution >= 0.6 is 0 Å². The first-order chi connectivity index (χ1) is 8.71. The number of sulfone groups is 1. The molecule has 0 aliphatic heterocycles. The SMILES string of the molecule is COc1cc(NC(C)CS(C)(=O)=O)cc([N+](=O)[O-])c1. The van der Waals surface area contributed by atoms with Gasteiger partial charge in [-0.1, -0.05) is 0 Å². The highest BCUT2D eigenvalue weighted by atomic mass is 32.2. The van der Waals surface area contributed by atoms with Gasteiger partial charge >= 0.3 is 0 Å². The van der Waals surface area contributed by atoms with Gasteiger partial charge in [0.1, 0.15) is 15.6 Å². The fraction of sp³-hybridized carbons (Fsp3) is 0.455. The van der Waals surface area contributed by atoms with Gasteiger partial charge < -0.3 is 10.1 Å². The van der Waals surface area contributed by atoms with E-state index in [1.807, 2.05) is 0 Å². The molecule has 0 aliphatic rings. The van der Waals surface area contributed by atoms with Crippen molar-refractivity contribution in [2.45, 2.75) is 13.0 Å². The summed E-state index contributed by atoms with van der Waals surface area (Å²) in [5, 5.41) is 13.7. The summed E-state index contributed by atoms with van der Waals surface area (Å²) in [7, 11) is -1.71. The molecule has 8 heteroatoms. The van der Waals surface area contributed by atoms with Crippen LogP contribution in [0.3, 0.4) is 0 Å². The fourth-order valence-electron chi connectivity index (χ4n) is 1.67. The number of nitro benzene ring substituents is 1. The highest BCUT2D eigenvalue weighted by molar-refractivity contribution is 7.90. The maximum absolute atomic E-state index is 11.2. The summed E-state index contributed by atoms with van der Waals surface area (Å²) >= 11 is 0. The van der Waals surface area contributed by atoms with E-state index in [0.717, 1.165) is 6.26 Å². The molecule has 0 heterocycles. The van der Waals surface area contributed by atoms with Gasteiger partial charge in [-0.2, -0.15) is 0 Å². The lowest BCUT2D eigenvalue weighted by Crippen LogP contribution is -2.25. The van der Waals surface area contributed by atoms with Gasteiger partial charge in [-0.05, 0) is 6.92 Å². The van der Waals surface area contributed by atoms with E-state index in [0.29, 0.717) is 11.4 Å².